The molecule has 0 fully saturated rings. The molecule has 4 heterocycles. The van der Waals surface area contributed by atoms with E-state index in [0.29, 0.717) is 7.61 Å². The fourth-order valence-electron chi connectivity index (χ4n) is 9.03. The van der Waals surface area contributed by atoms with Crippen LogP contribution in [-0.4, -0.2) is 32.4 Å². The molecule has 0 saturated carbocycles. The molecule has 0 N–H and O–H groups in total. The summed E-state index contributed by atoms with van der Waals surface area (Å²) in [6.45, 7) is 4.39. The number of hydrogen-bond acceptors (Lipinski definition) is 2. The molecule has 1 atom stereocenters. The summed E-state index contributed by atoms with van der Waals surface area (Å²) in [4.78, 5) is 8.62. The predicted octanol–water partition coefficient (Wildman–Crippen LogP) is 17.8. The van der Waals surface area contributed by atoms with Gasteiger partial charge in [0.25, 0.3) is 0 Å². The Bertz CT molecular complexity index is 3580. The number of rotatable bonds is 6. The summed E-state index contributed by atoms with van der Waals surface area (Å²) < 4.78 is 4.73. The molecule has 4 nitrogen and oxygen atoms in total. The molecular formula is C66H52IrN4P2-2. The first-order valence-electron chi connectivity index (χ1n) is 24.0. The average Bonchev–Trinajstić information content (AvgIpc) is 3.97. The average molecular weight is 1160 g/mol. The van der Waals surface area contributed by atoms with Crippen molar-refractivity contribution in [3.8, 4) is 56.1 Å². The van der Waals surface area contributed by atoms with Crippen LogP contribution in [0.1, 0.15) is 0 Å². The number of benzene rings is 9. The van der Waals surface area contributed by atoms with Crippen LogP contribution < -0.4 is 0 Å². The van der Waals surface area contributed by atoms with Crippen molar-refractivity contribution in [3.63, 3.8) is 0 Å². The number of nitrogens with zero attached hydrogens (tertiary/aromatic N) is 4. The van der Waals surface area contributed by atoms with E-state index in [1.165, 1.54) is 77.2 Å². The van der Waals surface area contributed by atoms with Crippen LogP contribution in [0, 0.1) is 12.1 Å². The minimum absolute atomic E-state index is 0. The maximum Gasteiger partial charge on any atom is 0.0541 e. The van der Waals surface area contributed by atoms with Crippen LogP contribution in [-0.2, 0) is 20.1 Å². The Morgan fingerprint density at radius 1 is 0.356 bits per heavy atom. The van der Waals surface area contributed by atoms with Gasteiger partial charge in [-0.15, -0.1) is 80.7 Å². The number of hydrogen-bond donors (Lipinski definition) is 0. The van der Waals surface area contributed by atoms with Crippen molar-refractivity contribution in [1.82, 2.24) is 19.1 Å². The van der Waals surface area contributed by atoms with Gasteiger partial charge in [0.1, 0.15) is 0 Å². The van der Waals surface area contributed by atoms with Gasteiger partial charge in [0.15, 0.2) is 0 Å². The topological polar surface area (TPSA) is 35.6 Å². The summed E-state index contributed by atoms with van der Waals surface area (Å²) in [6, 6.07) is 94.8. The van der Waals surface area contributed by atoms with Crippen LogP contribution >= 0.6 is 16.5 Å². The predicted molar refractivity (Wildman–Crippen MR) is 311 cm³/mol. The second-order valence-electron chi connectivity index (χ2n) is 17.4. The Balaban J connectivity index is 0.000000154. The van der Waals surface area contributed by atoms with Gasteiger partial charge in [-0.3, -0.25) is 0 Å². The van der Waals surface area contributed by atoms with Gasteiger partial charge in [-0.2, -0.15) is 0 Å². The molecule has 0 aliphatic rings. The Kier molecular flexibility index (Phi) is 16.7. The monoisotopic (exact) mass is 1160 g/mol. The van der Waals surface area contributed by atoms with Crippen molar-refractivity contribution in [2.75, 3.05) is 13.3 Å². The molecule has 0 aliphatic heterocycles. The van der Waals surface area contributed by atoms with E-state index in [0.717, 1.165) is 22.5 Å². The molecule has 13 rings (SSSR count). The second kappa shape index (κ2) is 24.2. The van der Waals surface area contributed by atoms with Crippen molar-refractivity contribution >= 4 is 60.2 Å². The smallest absolute Gasteiger partial charge is 0.0541 e. The van der Waals surface area contributed by atoms with Gasteiger partial charge in [0.05, 0.1) is 22.1 Å². The largest absolute Gasteiger partial charge is 0.309 e. The normalized spacial score (nSPS) is 10.7. The maximum atomic E-state index is 4.40. The minimum atomic E-state index is 0. The molecule has 0 saturated heterocycles. The van der Waals surface area contributed by atoms with Crippen LogP contribution in [0.3, 0.4) is 0 Å². The molecule has 9 aromatic carbocycles. The Morgan fingerprint density at radius 3 is 1.25 bits per heavy atom. The Hall–Kier alpha value is -7.61. The van der Waals surface area contributed by atoms with E-state index < -0.39 is 0 Å². The molecule has 73 heavy (non-hydrogen) atoms. The molecule has 357 valence electrons. The van der Waals surface area contributed by atoms with E-state index in [9.17, 15) is 0 Å². The molecule has 7 heteroatoms. The van der Waals surface area contributed by atoms with Crippen molar-refractivity contribution in [1.29, 1.82) is 0 Å². The van der Waals surface area contributed by atoms with Gasteiger partial charge in [-0.25, -0.2) is 0 Å². The fraction of sp³-hybridized carbons (Fsp3) is 0.0303. The number of para-hydroxylation sites is 4. The molecular weight excluding hydrogens is 1100 g/mol. The first-order valence-corrected chi connectivity index (χ1v) is 27.8. The number of fused-ring (bicyclic) bond motifs is 6. The van der Waals surface area contributed by atoms with Gasteiger partial charge in [0.2, 0.25) is 0 Å². The zero-order valence-corrected chi connectivity index (χ0v) is 45.0. The van der Waals surface area contributed by atoms with Gasteiger partial charge in [-0.05, 0) is 120 Å². The number of pyridine rings is 2. The van der Waals surface area contributed by atoms with E-state index in [1.807, 2.05) is 97.2 Å². The minimum Gasteiger partial charge on any atom is -0.309 e. The van der Waals surface area contributed by atoms with Crippen molar-refractivity contribution < 1.29 is 20.1 Å². The molecule has 4 aromatic heterocycles. The quantitative estimate of drug-likeness (QED) is 0.123. The molecule has 13 aromatic rings. The maximum absolute atomic E-state index is 4.40. The van der Waals surface area contributed by atoms with E-state index in [2.05, 4.69) is 217 Å². The summed E-state index contributed by atoms with van der Waals surface area (Å²) in [5.41, 5.74) is 16.1. The first kappa shape index (κ1) is 50.3. The molecule has 0 aliphatic carbocycles. The van der Waals surface area contributed by atoms with Gasteiger partial charge >= 0.3 is 0 Å². The van der Waals surface area contributed by atoms with Crippen LogP contribution in [0.2, 0.25) is 0 Å². The van der Waals surface area contributed by atoms with E-state index in [-0.39, 0.29) is 20.1 Å². The summed E-state index contributed by atoms with van der Waals surface area (Å²) in [5.74, 6) is 0. The first-order chi connectivity index (χ1) is 35.5. The zero-order chi connectivity index (χ0) is 49.1. The molecule has 1 unspecified atom stereocenters. The van der Waals surface area contributed by atoms with E-state index in [4.69, 9.17) is 0 Å². The zero-order valence-electron chi connectivity index (χ0n) is 40.6. The van der Waals surface area contributed by atoms with Crippen LogP contribution in [0.15, 0.2) is 267 Å². The third-order valence-electron chi connectivity index (χ3n) is 12.2. The third-order valence-corrected chi connectivity index (χ3v) is 12.2. The second-order valence-corrected chi connectivity index (χ2v) is 22.4. The number of aromatic nitrogens is 4. The molecule has 0 spiro atoms. The summed E-state index contributed by atoms with van der Waals surface area (Å²) >= 11 is 0. The van der Waals surface area contributed by atoms with Gasteiger partial charge in [-0.1, -0.05) is 141 Å². The fourth-order valence-corrected chi connectivity index (χ4v) is 9.03. The molecule has 0 amide bonds. The Morgan fingerprint density at radius 2 is 0.767 bits per heavy atom. The molecule has 0 bridgehead atoms. The summed E-state index contributed by atoms with van der Waals surface area (Å²) in [6.07, 6.45) is 3.63. The van der Waals surface area contributed by atoms with Crippen LogP contribution in [0.25, 0.3) is 99.8 Å². The summed E-state index contributed by atoms with van der Waals surface area (Å²) in [5, 5.41) is 5.09. The van der Waals surface area contributed by atoms with Crippen molar-refractivity contribution in [3.05, 3.63) is 279 Å². The van der Waals surface area contributed by atoms with Crippen molar-refractivity contribution in [2.24, 2.45) is 0 Å². The van der Waals surface area contributed by atoms with Crippen LogP contribution in [0.4, 0.5) is 0 Å². The van der Waals surface area contributed by atoms with Gasteiger partial charge < -0.3 is 19.1 Å². The Labute approximate surface area is 445 Å². The van der Waals surface area contributed by atoms with Crippen molar-refractivity contribution in [2.45, 2.75) is 0 Å². The SMILES string of the molecule is CP(C)P.[Ir].[c-]1ccccc1-c1cc(-c2ccccc2)ccn1.[c-]1ccccc1-c1ccccn1.c1ccc(-n2c3ccccc3c3cc(-c4ccc5c(c4)c4ccccc4n5-c4ccccc4)ccc32)cc1. The summed E-state index contributed by atoms with van der Waals surface area (Å²) in [7, 11) is 3.02. The third kappa shape index (κ3) is 11.7. The van der Waals surface area contributed by atoms with E-state index in [1.54, 1.807) is 6.20 Å². The molecule has 1 radical (unpaired) electrons. The van der Waals surface area contributed by atoms with E-state index >= 15 is 0 Å². The van der Waals surface area contributed by atoms with Gasteiger partial charge in [0, 0.05) is 65.4 Å². The van der Waals surface area contributed by atoms with Crippen LogP contribution in [0.5, 0.6) is 0 Å². The standard InChI is InChI=1S/C36H24N2.C17H12N.C11H8N.C2H8P2.Ir/c1-3-11-27(12-4-1)37-33-17-9-7-15-29(33)31-23-25(19-21-35(31)37)26-20-22-36-32(24-26)30-16-8-10-18-34(30)38(36)28-13-5-2-6-14-28;1-3-7-14(8-4-1)16-11-12-18-17(13-16)15-9-5-2-6-10-15;1-2-6-10(7-3-1)11-8-4-5-9-12-11;1-4(2)3;/h1-24H;1-9,11-13H;1-6,8-9H;3H2,1-2H3;/q;2*-1;;.